The Bertz CT molecular complexity index is 1550. The summed E-state index contributed by atoms with van der Waals surface area (Å²) in [4.78, 5) is 24.9. The smallest absolute Gasteiger partial charge is 0.459 e. The molecule has 0 aliphatic carbocycles. The number of nitrogen functional groups attached to an aromatic ring is 1. The number of fused-ring (bicyclic) bond motifs is 1. The number of ether oxygens (including phenoxy) is 3. The first-order valence-electron chi connectivity index (χ1n) is 14.0. The second-order valence-electron chi connectivity index (χ2n) is 9.18. The number of para-hydroxylation sites is 1. The molecule has 14 nitrogen and oxygen atoms in total. The van der Waals surface area contributed by atoms with Crippen molar-refractivity contribution in [2.45, 2.75) is 63.8 Å². The largest absolute Gasteiger partial charge is 0.479 e. The number of carbonyl (C=O) groups is 1. The SMILES string of the molecule is [2H]C([2H])([2H])[C@]([2H])(NP(=O)(OC[C@H]1O[C@@H](n2cnc3c(OC)nc(N)nc32)[C@](C)(F)[C@@H]1O)Oc1ccccc1)C(=O)OC(C)C. The van der Waals surface area contributed by atoms with Gasteiger partial charge in [0.1, 0.15) is 24.0 Å². The zero-order valence-electron chi connectivity index (χ0n) is 26.0. The Morgan fingerprint density at radius 2 is 2.12 bits per heavy atom. The minimum Gasteiger partial charge on any atom is -0.479 e. The summed E-state index contributed by atoms with van der Waals surface area (Å²) in [7, 11) is -3.67. The van der Waals surface area contributed by atoms with Crippen molar-refractivity contribution in [3.05, 3.63) is 36.7 Å². The van der Waals surface area contributed by atoms with Crippen LogP contribution < -0.4 is 20.1 Å². The van der Waals surface area contributed by atoms with Crippen LogP contribution in [0.2, 0.25) is 0 Å². The number of halogens is 1. The molecule has 1 fully saturated rings. The Balaban J connectivity index is 1.65. The molecule has 0 saturated carbocycles. The fraction of sp³-hybridized carbons (Fsp3) is 0.500. The van der Waals surface area contributed by atoms with Crippen LogP contribution in [0.1, 0.15) is 39.3 Å². The van der Waals surface area contributed by atoms with Gasteiger partial charge in [-0.3, -0.25) is 13.9 Å². The molecular formula is C24H32FN6O8P. The number of imidazole rings is 1. The van der Waals surface area contributed by atoms with Gasteiger partial charge in [0.15, 0.2) is 23.1 Å². The number of methoxy groups -OCH3 is 1. The maximum atomic E-state index is 16.0. The van der Waals surface area contributed by atoms with Gasteiger partial charge in [-0.15, -0.1) is 0 Å². The van der Waals surface area contributed by atoms with E-state index in [0.29, 0.717) is 0 Å². The average molecular weight is 587 g/mol. The molecule has 0 spiro atoms. The molecule has 2 aromatic heterocycles. The highest BCUT2D eigenvalue weighted by Gasteiger charge is 2.56. The lowest BCUT2D eigenvalue weighted by atomic mass is 9.98. The molecule has 1 aliphatic heterocycles. The van der Waals surface area contributed by atoms with Crippen molar-refractivity contribution in [1.82, 2.24) is 24.6 Å². The summed E-state index contributed by atoms with van der Waals surface area (Å²) in [5, 5.41) is 12.8. The first-order chi connectivity index (χ1) is 20.4. The number of carbonyl (C=O) groups excluding carboxylic acids is 1. The molecule has 1 aromatic carbocycles. The Labute approximate surface area is 235 Å². The van der Waals surface area contributed by atoms with Gasteiger partial charge in [0.05, 0.1) is 27.5 Å². The van der Waals surface area contributed by atoms with Gasteiger partial charge in [-0.1, -0.05) is 18.2 Å². The highest BCUT2D eigenvalue weighted by Crippen LogP contribution is 2.48. The minimum absolute atomic E-state index is 0.0134. The van der Waals surface area contributed by atoms with Gasteiger partial charge in [0.2, 0.25) is 11.8 Å². The van der Waals surface area contributed by atoms with Crippen molar-refractivity contribution < 1.29 is 47.6 Å². The Morgan fingerprint density at radius 3 is 2.77 bits per heavy atom. The zero-order chi connectivity index (χ0) is 32.7. The number of nitrogens with zero attached hydrogens (tertiary/aromatic N) is 4. The fourth-order valence-corrected chi connectivity index (χ4v) is 5.17. The van der Waals surface area contributed by atoms with E-state index in [1.807, 2.05) is 5.09 Å². The topological polar surface area (TPSA) is 182 Å². The molecule has 40 heavy (non-hydrogen) atoms. The van der Waals surface area contributed by atoms with Crippen LogP contribution in [-0.2, 0) is 23.4 Å². The molecule has 4 N–H and O–H groups in total. The lowest BCUT2D eigenvalue weighted by Gasteiger charge is -2.25. The van der Waals surface area contributed by atoms with Crippen molar-refractivity contribution in [3.8, 4) is 11.6 Å². The Morgan fingerprint density at radius 1 is 1.40 bits per heavy atom. The van der Waals surface area contributed by atoms with E-state index >= 15 is 4.39 Å². The molecule has 3 heterocycles. The van der Waals surface area contributed by atoms with Crippen molar-refractivity contribution in [2.24, 2.45) is 0 Å². The number of aromatic nitrogens is 4. The van der Waals surface area contributed by atoms with Crippen LogP contribution in [0.4, 0.5) is 10.3 Å². The number of benzene rings is 1. The lowest BCUT2D eigenvalue weighted by Crippen LogP contribution is -2.41. The highest BCUT2D eigenvalue weighted by atomic mass is 31.2. The van der Waals surface area contributed by atoms with Gasteiger partial charge in [-0.25, -0.2) is 13.9 Å². The predicted octanol–water partition coefficient (Wildman–Crippen LogP) is 2.54. The van der Waals surface area contributed by atoms with E-state index in [1.165, 1.54) is 51.6 Å². The molecule has 0 amide bonds. The third-order valence-corrected chi connectivity index (χ3v) is 7.18. The summed E-state index contributed by atoms with van der Waals surface area (Å²) in [5.74, 6) is -1.86. The second-order valence-corrected chi connectivity index (χ2v) is 10.8. The van der Waals surface area contributed by atoms with Crippen molar-refractivity contribution in [3.63, 3.8) is 0 Å². The van der Waals surface area contributed by atoms with Crippen LogP contribution in [0.5, 0.6) is 11.6 Å². The third-order valence-electron chi connectivity index (χ3n) is 5.74. The number of hydrogen-bond acceptors (Lipinski definition) is 12. The van der Waals surface area contributed by atoms with Crippen LogP contribution >= 0.6 is 7.75 Å². The number of rotatable bonds is 11. The molecule has 0 bridgehead atoms. The van der Waals surface area contributed by atoms with E-state index < -0.39 is 63.4 Å². The maximum Gasteiger partial charge on any atom is 0.459 e. The van der Waals surface area contributed by atoms with E-state index in [1.54, 1.807) is 6.07 Å². The normalized spacial score (nSPS) is 27.6. The van der Waals surface area contributed by atoms with E-state index in [0.717, 1.165) is 11.5 Å². The summed E-state index contributed by atoms with van der Waals surface area (Å²) >= 11 is 0. The van der Waals surface area contributed by atoms with Gasteiger partial charge in [0, 0.05) is 4.11 Å². The predicted molar refractivity (Wildman–Crippen MR) is 140 cm³/mol. The summed E-state index contributed by atoms with van der Waals surface area (Å²) in [6.45, 7) is -0.399. The van der Waals surface area contributed by atoms with Crippen molar-refractivity contribution >= 4 is 30.8 Å². The first kappa shape index (κ1) is 24.4. The number of aliphatic hydroxyl groups excluding tert-OH is 1. The van der Waals surface area contributed by atoms with E-state index in [-0.39, 0.29) is 28.7 Å². The Kier molecular flexibility index (Phi) is 7.11. The highest BCUT2D eigenvalue weighted by molar-refractivity contribution is 7.52. The molecule has 1 saturated heterocycles. The molecule has 1 unspecified atom stereocenters. The number of aliphatic hydroxyl groups is 1. The summed E-state index contributed by atoms with van der Waals surface area (Å²) < 4.78 is 89.9. The lowest BCUT2D eigenvalue weighted by molar-refractivity contribution is -0.149. The minimum atomic E-state index is -5.00. The van der Waals surface area contributed by atoms with Crippen LogP contribution in [-0.4, -0.2) is 74.3 Å². The van der Waals surface area contributed by atoms with Crippen molar-refractivity contribution in [1.29, 1.82) is 0 Å². The van der Waals surface area contributed by atoms with Gasteiger partial charge < -0.3 is 29.6 Å². The molecule has 3 aromatic rings. The fourth-order valence-electron chi connectivity index (χ4n) is 3.90. The second kappa shape index (κ2) is 11.6. The molecule has 4 rings (SSSR count). The molecule has 0 radical (unpaired) electrons. The molecule has 218 valence electrons. The quantitative estimate of drug-likeness (QED) is 0.220. The number of alkyl halides is 1. The maximum absolute atomic E-state index is 16.0. The number of nitrogens with two attached hydrogens (primary N) is 1. The third kappa shape index (κ3) is 6.18. The first-order valence-corrected chi connectivity index (χ1v) is 13.5. The van der Waals surface area contributed by atoms with Gasteiger partial charge in [-0.05, 0) is 39.8 Å². The molecular weight excluding hydrogens is 550 g/mol. The van der Waals surface area contributed by atoms with Gasteiger partial charge in [-0.2, -0.15) is 15.1 Å². The Hall–Kier alpha value is -3.36. The van der Waals surface area contributed by atoms with Crippen LogP contribution in [0, 0.1) is 0 Å². The standard InChI is InChI=1S/C24H32FN6O8P/c1-13(2)37-21(33)14(3)30-40(34,39-15-9-7-6-8-10-15)36-11-16-18(32)24(4,25)22(38-16)31-12-27-17-19(31)28-23(26)29-20(17)35-5/h6-10,12-14,16,18,22,32H,11H2,1-5H3,(H,30,34)(H2,26,28,29)/t14-,16+,18+,22+,24+,40?/m0/s1/i3D3,14D. The molecule has 1 aliphatic rings. The van der Waals surface area contributed by atoms with Gasteiger partial charge in [0.25, 0.3) is 0 Å². The number of esters is 1. The van der Waals surface area contributed by atoms with E-state index in [4.69, 9.17) is 34.5 Å². The van der Waals surface area contributed by atoms with Crippen LogP contribution in [0.3, 0.4) is 0 Å². The van der Waals surface area contributed by atoms with Gasteiger partial charge >= 0.3 is 13.7 Å². The summed E-state index contributed by atoms with van der Waals surface area (Å²) in [5.41, 5.74) is 3.38. The number of nitrogens with one attached hydrogen (secondary N) is 1. The van der Waals surface area contributed by atoms with Crippen LogP contribution in [0.15, 0.2) is 36.7 Å². The zero-order valence-corrected chi connectivity index (χ0v) is 22.9. The average Bonchev–Trinajstić information content (AvgIpc) is 3.43. The number of anilines is 1. The summed E-state index contributed by atoms with van der Waals surface area (Å²) in [6, 6.07) is 4.01. The monoisotopic (exact) mass is 586 g/mol. The van der Waals surface area contributed by atoms with E-state index in [2.05, 4.69) is 15.0 Å². The molecule has 16 heteroatoms. The number of hydrogen-bond donors (Lipinski definition) is 3. The summed E-state index contributed by atoms with van der Waals surface area (Å²) in [6.07, 6.45) is -4.68. The van der Waals surface area contributed by atoms with Crippen molar-refractivity contribution in [2.75, 3.05) is 19.5 Å². The van der Waals surface area contributed by atoms with Crippen LogP contribution in [0.25, 0.3) is 11.2 Å². The van der Waals surface area contributed by atoms with E-state index in [9.17, 15) is 14.5 Å². The molecule has 6 atom stereocenters.